The molecule has 0 radical (unpaired) electrons. The Kier molecular flexibility index (Phi) is 530. The van der Waals surface area contributed by atoms with Gasteiger partial charge in [-0.15, -0.1) is 13.2 Å². The van der Waals surface area contributed by atoms with Crippen molar-refractivity contribution in [2.45, 2.75) is 13.8 Å². The summed E-state index contributed by atoms with van der Waals surface area (Å²) in [7, 11) is 0. The standard InChI is InChI=1S/2C2H5O.3FH.Ta/c2*1-2-3;;;;/h2*2H2,1H3;3*1H;/q2*-1;;;;+5/p-3. The van der Waals surface area contributed by atoms with Crippen molar-refractivity contribution >= 4 is 0 Å². The summed E-state index contributed by atoms with van der Waals surface area (Å²) in [5.74, 6) is 0. The predicted octanol–water partition coefficient (Wildman–Crippen LogP) is -10.3. The Labute approximate surface area is 74.2 Å². The average molecular weight is 328 g/mol. The van der Waals surface area contributed by atoms with Gasteiger partial charge in [0.05, 0.1) is 0 Å². The van der Waals surface area contributed by atoms with Gasteiger partial charge < -0.3 is 24.3 Å². The molecule has 0 heterocycles. The van der Waals surface area contributed by atoms with Crippen LogP contribution in [0.3, 0.4) is 0 Å². The molecule has 64 valence electrons. The fraction of sp³-hybridized carbons (Fsp3) is 1.00. The van der Waals surface area contributed by atoms with Crippen LogP contribution in [0.15, 0.2) is 0 Å². The molecular formula is C4H10F3O2Ta. The molecule has 0 rings (SSSR count). The molecule has 0 atom stereocenters. The minimum Gasteiger partial charge on any atom is -1.00 e. The van der Waals surface area contributed by atoms with Crippen molar-refractivity contribution in [1.82, 2.24) is 0 Å². The molecule has 6 heteroatoms. The third kappa shape index (κ3) is 2310. The number of halogens is 3. The Morgan fingerprint density at radius 2 is 0.800 bits per heavy atom. The van der Waals surface area contributed by atoms with Crippen molar-refractivity contribution in [3.8, 4) is 0 Å². The first-order valence-electron chi connectivity index (χ1n) is 1.99. The van der Waals surface area contributed by atoms with E-state index in [4.69, 9.17) is 10.2 Å². The molecule has 0 unspecified atom stereocenters. The Morgan fingerprint density at radius 1 is 0.800 bits per heavy atom. The van der Waals surface area contributed by atoms with E-state index in [2.05, 4.69) is 0 Å². The van der Waals surface area contributed by atoms with Gasteiger partial charge in [-0.25, -0.2) is 0 Å². The second-order valence-corrected chi connectivity index (χ2v) is 0.577. The summed E-state index contributed by atoms with van der Waals surface area (Å²) in [6.45, 7) is 3.14. The summed E-state index contributed by atoms with van der Waals surface area (Å²) in [5, 5.41) is 17.9. The van der Waals surface area contributed by atoms with Crippen LogP contribution >= 0.6 is 0 Å². The Morgan fingerprint density at radius 3 is 0.800 bits per heavy atom. The maximum absolute atomic E-state index is 8.93. The summed E-state index contributed by atoms with van der Waals surface area (Å²) in [4.78, 5) is 0. The molecule has 0 aliphatic rings. The van der Waals surface area contributed by atoms with Gasteiger partial charge in [-0.2, -0.15) is 0 Å². The Balaban J connectivity index is -0.00000000571. The van der Waals surface area contributed by atoms with Crippen LogP contribution in [0.2, 0.25) is 0 Å². The van der Waals surface area contributed by atoms with E-state index >= 15 is 0 Å². The summed E-state index contributed by atoms with van der Waals surface area (Å²) in [6, 6.07) is 0. The second-order valence-electron chi connectivity index (χ2n) is 0.577. The molecule has 0 amide bonds. The molecule has 0 aliphatic heterocycles. The number of hydrogen-bond donors (Lipinski definition) is 0. The second kappa shape index (κ2) is 112. The molecule has 0 aromatic carbocycles. The first kappa shape index (κ1) is 47.1. The molecule has 0 aromatic rings. The molecule has 0 saturated carbocycles. The minimum absolute atomic E-state index is 0. The molecular weight excluding hydrogens is 318 g/mol. The van der Waals surface area contributed by atoms with E-state index in [1.165, 1.54) is 0 Å². The van der Waals surface area contributed by atoms with Gasteiger partial charge >= 0.3 is 22.4 Å². The van der Waals surface area contributed by atoms with E-state index < -0.39 is 0 Å². The van der Waals surface area contributed by atoms with Crippen LogP contribution in [-0.2, 0) is 22.4 Å². The molecule has 10 heavy (non-hydrogen) atoms. The van der Waals surface area contributed by atoms with E-state index in [0.717, 1.165) is 0 Å². The summed E-state index contributed by atoms with van der Waals surface area (Å²) >= 11 is 0. The molecule has 0 aliphatic carbocycles. The fourth-order valence-corrected chi connectivity index (χ4v) is 0. The van der Waals surface area contributed by atoms with E-state index in [-0.39, 0.29) is 49.7 Å². The van der Waals surface area contributed by atoms with Crippen LogP contribution in [0.4, 0.5) is 0 Å². The number of hydrogen-bond acceptors (Lipinski definition) is 2. The van der Waals surface area contributed by atoms with Crippen LogP contribution in [-0.4, -0.2) is 13.2 Å². The average Bonchev–Trinajstić information content (AvgIpc) is 1.39. The summed E-state index contributed by atoms with van der Waals surface area (Å²) < 4.78 is 0. The van der Waals surface area contributed by atoms with Gasteiger partial charge in [-0.05, 0) is 0 Å². The van der Waals surface area contributed by atoms with Crippen molar-refractivity contribution in [2.24, 2.45) is 0 Å². The summed E-state index contributed by atoms with van der Waals surface area (Å²) in [5.41, 5.74) is 0. The van der Waals surface area contributed by atoms with E-state index in [0.29, 0.717) is 0 Å². The third-order valence-corrected chi connectivity index (χ3v) is 0. The van der Waals surface area contributed by atoms with Crippen molar-refractivity contribution in [1.29, 1.82) is 0 Å². The summed E-state index contributed by atoms with van der Waals surface area (Å²) in [6.07, 6.45) is 0. The van der Waals surface area contributed by atoms with Crippen molar-refractivity contribution in [3.05, 3.63) is 0 Å². The van der Waals surface area contributed by atoms with E-state index in [1.54, 1.807) is 13.8 Å². The predicted molar refractivity (Wildman–Crippen MR) is 21.1 cm³/mol. The van der Waals surface area contributed by atoms with Gasteiger partial charge in [-0.1, -0.05) is 13.8 Å². The van der Waals surface area contributed by atoms with Gasteiger partial charge in [0, 0.05) is 0 Å². The van der Waals surface area contributed by atoms with Gasteiger partial charge in [0.15, 0.2) is 0 Å². The zero-order valence-electron chi connectivity index (χ0n) is 5.81. The third-order valence-electron chi connectivity index (χ3n) is 0. The van der Waals surface area contributed by atoms with Crippen molar-refractivity contribution in [2.75, 3.05) is 13.2 Å². The molecule has 0 bridgehead atoms. The molecule has 0 saturated heterocycles. The Hall–Kier alpha value is 0.450. The first-order valence-corrected chi connectivity index (χ1v) is 1.99. The quantitative estimate of drug-likeness (QED) is 0.443. The van der Waals surface area contributed by atoms with Gasteiger partial charge in [0.2, 0.25) is 0 Å². The first-order chi connectivity index (χ1) is 2.83. The zero-order valence-corrected chi connectivity index (χ0v) is 9.03. The SMILES string of the molecule is CC[O-].CC[O-].[F-].[F-].[F-].[Ta+5]. The monoisotopic (exact) mass is 328 g/mol. The van der Waals surface area contributed by atoms with Crippen LogP contribution < -0.4 is 24.3 Å². The van der Waals surface area contributed by atoms with E-state index in [1.807, 2.05) is 0 Å². The van der Waals surface area contributed by atoms with Crippen LogP contribution in [0.1, 0.15) is 13.8 Å². The molecule has 0 N–H and O–H groups in total. The fourth-order valence-electron chi connectivity index (χ4n) is 0. The largest absolute Gasteiger partial charge is 5.00 e. The van der Waals surface area contributed by atoms with E-state index in [9.17, 15) is 0 Å². The smallest absolute Gasteiger partial charge is 1.00 e. The van der Waals surface area contributed by atoms with Crippen LogP contribution in [0.5, 0.6) is 0 Å². The van der Waals surface area contributed by atoms with Crippen molar-refractivity contribution in [3.63, 3.8) is 0 Å². The molecule has 0 fully saturated rings. The topological polar surface area (TPSA) is 46.1 Å². The number of rotatable bonds is 0. The maximum atomic E-state index is 8.93. The normalized spacial score (nSPS) is 3.60. The van der Waals surface area contributed by atoms with Gasteiger partial charge in [0.25, 0.3) is 0 Å². The molecule has 0 spiro atoms. The zero-order chi connectivity index (χ0) is 5.41. The molecule has 0 aromatic heterocycles. The van der Waals surface area contributed by atoms with Crippen LogP contribution in [0.25, 0.3) is 0 Å². The Bertz CT molecular complexity index is 20.5. The van der Waals surface area contributed by atoms with Gasteiger partial charge in [0.1, 0.15) is 0 Å². The van der Waals surface area contributed by atoms with Crippen LogP contribution in [0, 0.1) is 0 Å². The van der Waals surface area contributed by atoms with Gasteiger partial charge in [-0.3, -0.25) is 0 Å². The van der Waals surface area contributed by atoms with Crippen molar-refractivity contribution < 1.29 is 46.7 Å². The maximum Gasteiger partial charge on any atom is 5.00 e. The molecule has 2 nitrogen and oxygen atoms in total. The minimum atomic E-state index is 0.